The zero-order chi connectivity index (χ0) is 9.90. The van der Waals surface area contributed by atoms with E-state index in [1.807, 2.05) is 19.3 Å². The Morgan fingerprint density at radius 3 is 2.38 bits per heavy atom. The van der Waals surface area contributed by atoms with Crippen LogP contribution in [0.5, 0.6) is 0 Å². The summed E-state index contributed by atoms with van der Waals surface area (Å²) in [4.78, 5) is 8.42. The van der Waals surface area contributed by atoms with Crippen molar-refractivity contribution in [3.63, 3.8) is 0 Å². The van der Waals surface area contributed by atoms with Crippen molar-refractivity contribution in [2.75, 3.05) is 6.54 Å². The lowest BCUT2D eigenvalue weighted by atomic mass is 10.2. The third kappa shape index (κ3) is 3.32. The van der Waals surface area contributed by atoms with E-state index in [1.165, 1.54) is 0 Å². The van der Waals surface area contributed by atoms with Gasteiger partial charge in [-0.3, -0.25) is 0 Å². The Morgan fingerprint density at radius 1 is 1.38 bits per heavy atom. The average molecular weight is 197 g/mol. The van der Waals surface area contributed by atoms with Crippen LogP contribution in [-0.4, -0.2) is 21.3 Å². The molecule has 0 saturated heterocycles. The van der Waals surface area contributed by atoms with Gasteiger partial charge in [-0.25, -0.2) is 9.97 Å². The Kier molecular flexibility index (Phi) is 3.27. The smallest absolute Gasteiger partial charge is 0.188 e. The zero-order valence-electron chi connectivity index (χ0n) is 8.24. The van der Waals surface area contributed by atoms with E-state index in [2.05, 4.69) is 23.8 Å². The zero-order valence-corrected chi connectivity index (χ0v) is 9.06. The van der Waals surface area contributed by atoms with Gasteiger partial charge in [0, 0.05) is 23.7 Å². The van der Waals surface area contributed by atoms with Crippen LogP contribution in [0.15, 0.2) is 17.6 Å². The molecule has 0 aliphatic heterocycles. The summed E-state index contributed by atoms with van der Waals surface area (Å²) in [6.07, 6.45) is 3.64. The summed E-state index contributed by atoms with van der Waals surface area (Å²) in [5.74, 6) is 0. The van der Waals surface area contributed by atoms with Crippen molar-refractivity contribution in [3.05, 3.63) is 18.0 Å². The molecule has 0 amide bonds. The highest BCUT2D eigenvalue weighted by Gasteiger charge is 2.18. The van der Waals surface area contributed by atoms with Gasteiger partial charge < -0.3 is 5.73 Å². The highest BCUT2D eigenvalue weighted by molar-refractivity contribution is 8.00. The SMILES string of the molecule is Cc1cnc(SC(C)(C)CN)nc1. The molecule has 0 radical (unpaired) electrons. The summed E-state index contributed by atoms with van der Waals surface area (Å²) in [6, 6.07) is 0. The standard InChI is InChI=1S/C9H15N3S/c1-7-4-11-8(12-5-7)13-9(2,3)6-10/h4-5H,6,10H2,1-3H3. The molecule has 0 bridgehead atoms. The Bertz CT molecular complexity index is 269. The Labute approximate surface area is 83.2 Å². The summed E-state index contributed by atoms with van der Waals surface area (Å²) in [6.45, 7) is 6.76. The van der Waals surface area contributed by atoms with Gasteiger partial charge in [0.15, 0.2) is 5.16 Å². The molecule has 1 aromatic rings. The minimum absolute atomic E-state index is 0.00918. The van der Waals surface area contributed by atoms with E-state index < -0.39 is 0 Å². The molecule has 1 heterocycles. The van der Waals surface area contributed by atoms with Gasteiger partial charge in [0.05, 0.1) is 0 Å². The molecule has 1 aromatic heterocycles. The summed E-state index contributed by atoms with van der Waals surface area (Å²) in [5.41, 5.74) is 6.69. The van der Waals surface area contributed by atoms with Gasteiger partial charge in [0.1, 0.15) is 0 Å². The predicted octanol–water partition coefficient (Wildman–Crippen LogP) is 1.61. The average Bonchev–Trinajstić information content (AvgIpc) is 2.09. The first-order chi connectivity index (χ1) is 6.03. The number of hydrogen-bond donors (Lipinski definition) is 1. The van der Waals surface area contributed by atoms with E-state index in [0.29, 0.717) is 6.54 Å². The molecule has 0 aromatic carbocycles. The van der Waals surface area contributed by atoms with E-state index in [4.69, 9.17) is 5.73 Å². The third-order valence-corrected chi connectivity index (χ3v) is 2.73. The molecule has 0 spiro atoms. The number of aromatic nitrogens is 2. The first-order valence-electron chi connectivity index (χ1n) is 4.21. The summed E-state index contributed by atoms with van der Waals surface area (Å²) in [5, 5.41) is 0.793. The molecule has 3 nitrogen and oxygen atoms in total. The second-order valence-corrected chi connectivity index (χ2v) is 5.28. The topological polar surface area (TPSA) is 51.8 Å². The molecule has 0 saturated carbocycles. The maximum atomic E-state index is 5.61. The molecule has 1 rings (SSSR count). The summed E-state index contributed by atoms with van der Waals surface area (Å²) >= 11 is 1.61. The summed E-state index contributed by atoms with van der Waals surface area (Å²) in [7, 11) is 0. The van der Waals surface area contributed by atoms with Crippen LogP contribution in [0, 0.1) is 6.92 Å². The van der Waals surface area contributed by atoms with Crippen LogP contribution in [0.25, 0.3) is 0 Å². The Morgan fingerprint density at radius 2 is 1.92 bits per heavy atom. The fourth-order valence-electron chi connectivity index (χ4n) is 0.722. The van der Waals surface area contributed by atoms with Gasteiger partial charge >= 0.3 is 0 Å². The molecule has 13 heavy (non-hydrogen) atoms. The molecule has 0 fully saturated rings. The molecule has 0 atom stereocenters. The number of thioether (sulfide) groups is 1. The third-order valence-electron chi connectivity index (χ3n) is 1.62. The molecule has 0 unspecified atom stereocenters. The Hall–Kier alpha value is -0.610. The fourth-order valence-corrected chi connectivity index (χ4v) is 1.51. The lowest BCUT2D eigenvalue weighted by Crippen LogP contribution is -2.26. The van der Waals surface area contributed by atoms with Crippen LogP contribution >= 0.6 is 11.8 Å². The number of aryl methyl sites for hydroxylation is 1. The van der Waals surface area contributed by atoms with Crippen molar-refractivity contribution < 1.29 is 0 Å². The van der Waals surface area contributed by atoms with Crippen molar-refractivity contribution in [2.45, 2.75) is 30.7 Å². The minimum Gasteiger partial charge on any atom is -0.329 e. The number of rotatable bonds is 3. The van der Waals surface area contributed by atoms with Gasteiger partial charge in [0.2, 0.25) is 0 Å². The highest BCUT2D eigenvalue weighted by Crippen LogP contribution is 2.28. The molecule has 2 N–H and O–H groups in total. The van der Waals surface area contributed by atoms with Crippen LogP contribution in [0.4, 0.5) is 0 Å². The van der Waals surface area contributed by atoms with Gasteiger partial charge in [-0.2, -0.15) is 0 Å². The second-order valence-electron chi connectivity index (χ2n) is 3.61. The van der Waals surface area contributed by atoms with Gasteiger partial charge in [0.25, 0.3) is 0 Å². The first-order valence-corrected chi connectivity index (χ1v) is 5.03. The van der Waals surface area contributed by atoms with Gasteiger partial charge in [-0.1, -0.05) is 11.8 Å². The van der Waals surface area contributed by atoms with E-state index >= 15 is 0 Å². The molecule has 0 aliphatic carbocycles. The van der Waals surface area contributed by atoms with Crippen LogP contribution in [-0.2, 0) is 0 Å². The van der Waals surface area contributed by atoms with E-state index in [1.54, 1.807) is 11.8 Å². The van der Waals surface area contributed by atoms with Crippen molar-refractivity contribution in [1.29, 1.82) is 0 Å². The lowest BCUT2D eigenvalue weighted by molar-refractivity contribution is 0.717. The van der Waals surface area contributed by atoms with Crippen LogP contribution in [0.3, 0.4) is 0 Å². The molecule has 4 heteroatoms. The maximum absolute atomic E-state index is 5.61. The second kappa shape index (κ2) is 4.07. The summed E-state index contributed by atoms with van der Waals surface area (Å²) < 4.78 is 0.00918. The minimum atomic E-state index is 0.00918. The monoisotopic (exact) mass is 197 g/mol. The van der Waals surface area contributed by atoms with Crippen LogP contribution in [0.2, 0.25) is 0 Å². The maximum Gasteiger partial charge on any atom is 0.188 e. The number of hydrogen-bond acceptors (Lipinski definition) is 4. The van der Waals surface area contributed by atoms with Crippen molar-refractivity contribution in [2.24, 2.45) is 5.73 Å². The van der Waals surface area contributed by atoms with Crippen LogP contribution < -0.4 is 5.73 Å². The molecular weight excluding hydrogens is 182 g/mol. The van der Waals surface area contributed by atoms with Gasteiger partial charge in [-0.05, 0) is 26.3 Å². The number of nitrogens with zero attached hydrogens (tertiary/aromatic N) is 2. The molecule has 0 aliphatic rings. The highest BCUT2D eigenvalue weighted by atomic mass is 32.2. The van der Waals surface area contributed by atoms with E-state index in [0.717, 1.165) is 10.7 Å². The largest absolute Gasteiger partial charge is 0.329 e. The van der Waals surface area contributed by atoms with E-state index in [-0.39, 0.29) is 4.75 Å². The molecule has 72 valence electrons. The lowest BCUT2D eigenvalue weighted by Gasteiger charge is -2.19. The predicted molar refractivity (Wildman–Crippen MR) is 55.8 cm³/mol. The van der Waals surface area contributed by atoms with Crippen molar-refractivity contribution >= 4 is 11.8 Å². The normalized spacial score (nSPS) is 11.7. The van der Waals surface area contributed by atoms with Crippen LogP contribution in [0.1, 0.15) is 19.4 Å². The van der Waals surface area contributed by atoms with Crippen molar-refractivity contribution in [1.82, 2.24) is 9.97 Å². The number of nitrogens with two attached hydrogens (primary N) is 1. The van der Waals surface area contributed by atoms with Gasteiger partial charge in [-0.15, -0.1) is 0 Å². The van der Waals surface area contributed by atoms with Crippen molar-refractivity contribution in [3.8, 4) is 0 Å². The first kappa shape index (κ1) is 10.5. The molecular formula is C9H15N3S. The van der Waals surface area contributed by atoms with E-state index in [9.17, 15) is 0 Å². The quantitative estimate of drug-likeness (QED) is 0.591. The Balaban J connectivity index is 2.69. The fraction of sp³-hybridized carbons (Fsp3) is 0.556.